The summed E-state index contributed by atoms with van der Waals surface area (Å²) in [5.41, 5.74) is 1.61. The van der Waals surface area contributed by atoms with Crippen molar-refractivity contribution in [2.24, 2.45) is 0 Å². The molecule has 5 heteroatoms. The number of hydrogen-bond donors (Lipinski definition) is 0. The molecule has 0 bridgehead atoms. The number of fused-ring (bicyclic) bond motifs is 1. The van der Waals surface area contributed by atoms with Crippen LogP contribution in [0.1, 0.15) is 18.6 Å². The molecule has 0 N–H and O–H groups in total. The largest absolute Gasteiger partial charge is 0.297 e. The molecule has 0 amide bonds. The minimum Gasteiger partial charge on any atom is -0.258 e. The number of aromatic nitrogens is 1. The highest BCUT2D eigenvalue weighted by Gasteiger charge is 2.21. The van der Waals surface area contributed by atoms with Gasteiger partial charge in [-0.2, -0.15) is 8.42 Å². The summed E-state index contributed by atoms with van der Waals surface area (Å²) in [6.45, 7) is 1.72. The van der Waals surface area contributed by atoms with Crippen LogP contribution in [0.3, 0.4) is 0 Å². The second kappa shape index (κ2) is 5.87. The first-order valence-electron chi connectivity index (χ1n) is 6.90. The monoisotopic (exact) mass is 313 g/mol. The van der Waals surface area contributed by atoms with Gasteiger partial charge < -0.3 is 0 Å². The van der Waals surface area contributed by atoms with Crippen LogP contribution in [0, 0.1) is 0 Å². The highest BCUT2D eigenvalue weighted by atomic mass is 32.2. The van der Waals surface area contributed by atoms with Gasteiger partial charge in [-0.1, -0.05) is 36.4 Å². The van der Waals surface area contributed by atoms with Gasteiger partial charge in [-0.15, -0.1) is 0 Å². The first-order valence-corrected chi connectivity index (χ1v) is 8.31. The maximum atomic E-state index is 12.3. The van der Waals surface area contributed by atoms with E-state index >= 15 is 0 Å². The lowest BCUT2D eigenvalue weighted by Gasteiger charge is -2.15. The molecule has 0 aliphatic rings. The molecule has 0 fully saturated rings. The topological polar surface area (TPSA) is 56.3 Å². The summed E-state index contributed by atoms with van der Waals surface area (Å²) in [4.78, 5) is 4.43. The lowest BCUT2D eigenvalue weighted by atomic mass is 10.1. The highest BCUT2D eigenvalue weighted by Crippen LogP contribution is 2.28. The Bertz CT molecular complexity index is 887. The Hall–Kier alpha value is -2.24. The maximum Gasteiger partial charge on any atom is 0.297 e. The summed E-state index contributed by atoms with van der Waals surface area (Å²) in [7, 11) is -3.80. The molecule has 3 aromatic rings. The quantitative estimate of drug-likeness (QED) is 0.689. The molecule has 4 nitrogen and oxygen atoms in total. The van der Waals surface area contributed by atoms with Crippen molar-refractivity contribution in [3.05, 3.63) is 72.4 Å². The first kappa shape index (κ1) is 14.7. The van der Waals surface area contributed by atoms with Crippen molar-refractivity contribution in [3.63, 3.8) is 0 Å². The normalized spacial score (nSPS) is 13.1. The summed E-state index contributed by atoms with van der Waals surface area (Å²) < 4.78 is 30.0. The summed E-state index contributed by atoms with van der Waals surface area (Å²) in [5, 5.41) is 0.890. The van der Waals surface area contributed by atoms with E-state index in [9.17, 15) is 8.42 Å². The molecule has 3 rings (SSSR count). The van der Waals surface area contributed by atoms with Crippen molar-refractivity contribution in [2.45, 2.75) is 17.9 Å². The van der Waals surface area contributed by atoms with Gasteiger partial charge in [0.1, 0.15) is 6.10 Å². The SMILES string of the molecule is CC(OS(=O)(=O)c1ccccc1)c1ccnc2ccccc12. The lowest BCUT2D eigenvalue weighted by Crippen LogP contribution is -2.10. The van der Waals surface area contributed by atoms with E-state index in [1.54, 1.807) is 37.4 Å². The second-order valence-electron chi connectivity index (χ2n) is 4.92. The molecule has 1 atom stereocenters. The van der Waals surface area contributed by atoms with Crippen molar-refractivity contribution in [1.82, 2.24) is 4.98 Å². The average molecular weight is 313 g/mol. The molecule has 22 heavy (non-hydrogen) atoms. The summed E-state index contributed by atoms with van der Waals surface area (Å²) in [6.07, 6.45) is 1.06. The zero-order valence-electron chi connectivity index (χ0n) is 12.0. The maximum absolute atomic E-state index is 12.3. The molecule has 0 radical (unpaired) electrons. The average Bonchev–Trinajstić information content (AvgIpc) is 2.54. The molecule has 1 unspecified atom stereocenters. The Labute approximate surface area is 129 Å². The molecular weight excluding hydrogens is 298 g/mol. The molecule has 2 aromatic carbocycles. The summed E-state index contributed by atoms with van der Waals surface area (Å²) >= 11 is 0. The molecule has 0 aliphatic carbocycles. The molecule has 0 spiro atoms. The van der Waals surface area contributed by atoms with Gasteiger partial charge in [-0.25, -0.2) is 0 Å². The number of benzene rings is 2. The minimum absolute atomic E-state index is 0.153. The lowest BCUT2D eigenvalue weighted by molar-refractivity contribution is 0.235. The van der Waals surface area contributed by atoms with E-state index in [2.05, 4.69) is 4.98 Å². The zero-order chi connectivity index (χ0) is 15.6. The third-order valence-electron chi connectivity index (χ3n) is 3.42. The fourth-order valence-electron chi connectivity index (χ4n) is 2.36. The zero-order valence-corrected chi connectivity index (χ0v) is 12.8. The number of pyridine rings is 1. The Kier molecular flexibility index (Phi) is 3.92. The Morgan fingerprint density at radius 2 is 1.64 bits per heavy atom. The van der Waals surface area contributed by atoms with E-state index in [0.29, 0.717) is 0 Å². The van der Waals surface area contributed by atoms with Gasteiger partial charge in [0.25, 0.3) is 10.1 Å². The molecule has 0 aliphatic heterocycles. The van der Waals surface area contributed by atoms with E-state index in [0.717, 1.165) is 16.5 Å². The van der Waals surface area contributed by atoms with Gasteiger partial charge in [0, 0.05) is 11.6 Å². The van der Waals surface area contributed by atoms with Gasteiger partial charge >= 0.3 is 0 Å². The molecule has 1 heterocycles. The molecule has 112 valence electrons. The van der Waals surface area contributed by atoms with Crippen LogP contribution < -0.4 is 0 Å². The fourth-order valence-corrected chi connectivity index (χ4v) is 3.44. The van der Waals surface area contributed by atoms with Crippen LogP contribution in [0.5, 0.6) is 0 Å². The van der Waals surface area contributed by atoms with Crippen LogP contribution in [0.2, 0.25) is 0 Å². The van der Waals surface area contributed by atoms with Crippen LogP contribution >= 0.6 is 0 Å². The first-order chi connectivity index (χ1) is 10.6. The molecular formula is C17H15NO3S. The van der Waals surface area contributed by atoms with E-state index in [-0.39, 0.29) is 4.90 Å². The smallest absolute Gasteiger partial charge is 0.258 e. The number of rotatable bonds is 4. The molecule has 1 aromatic heterocycles. The van der Waals surface area contributed by atoms with E-state index in [1.165, 1.54) is 12.1 Å². The number of hydrogen-bond acceptors (Lipinski definition) is 4. The number of nitrogens with zero attached hydrogens (tertiary/aromatic N) is 1. The minimum atomic E-state index is -3.80. The van der Waals surface area contributed by atoms with Gasteiger partial charge in [-0.05, 0) is 36.8 Å². The van der Waals surface area contributed by atoms with Crippen LogP contribution in [0.4, 0.5) is 0 Å². The van der Waals surface area contributed by atoms with Crippen molar-refractivity contribution in [3.8, 4) is 0 Å². The Balaban J connectivity index is 1.96. The summed E-state index contributed by atoms with van der Waals surface area (Å²) in [5.74, 6) is 0. The highest BCUT2D eigenvalue weighted by molar-refractivity contribution is 7.86. The predicted molar refractivity (Wildman–Crippen MR) is 84.9 cm³/mol. The van der Waals surface area contributed by atoms with E-state index in [1.807, 2.05) is 24.3 Å². The standard InChI is InChI=1S/C17H15NO3S/c1-13(21-22(19,20)14-7-3-2-4-8-14)15-11-12-18-17-10-6-5-9-16(15)17/h2-13H,1H3. The van der Waals surface area contributed by atoms with Gasteiger partial charge in [0.15, 0.2) is 0 Å². The van der Waals surface area contributed by atoms with Crippen molar-refractivity contribution < 1.29 is 12.6 Å². The van der Waals surface area contributed by atoms with E-state index in [4.69, 9.17) is 4.18 Å². The van der Waals surface area contributed by atoms with Crippen LogP contribution in [-0.2, 0) is 14.3 Å². The molecule has 0 saturated heterocycles. The third kappa shape index (κ3) is 2.86. The third-order valence-corrected chi connectivity index (χ3v) is 4.82. The predicted octanol–water partition coefficient (Wildman–Crippen LogP) is 3.70. The van der Waals surface area contributed by atoms with Gasteiger partial charge in [0.2, 0.25) is 0 Å². The van der Waals surface area contributed by atoms with Crippen LogP contribution in [-0.4, -0.2) is 13.4 Å². The second-order valence-corrected chi connectivity index (χ2v) is 6.50. The van der Waals surface area contributed by atoms with Crippen molar-refractivity contribution in [1.29, 1.82) is 0 Å². The fraction of sp³-hybridized carbons (Fsp3) is 0.118. The van der Waals surface area contributed by atoms with Crippen molar-refractivity contribution >= 4 is 21.0 Å². The Morgan fingerprint density at radius 3 is 2.41 bits per heavy atom. The van der Waals surface area contributed by atoms with Crippen molar-refractivity contribution in [2.75, 3.05) is 0 Å². The molecule has 0 saturated carbocycles. The summed E-state index contributed by atoms with van der Waals surface area (Å²) in [6, 6.07) is 17.5. The number of para-hydroxylation sites is 1. The van der Waals surface area contributed by atoms with Crippen LogP contribution in [0.25, 0.3) is 10.9 Å². The van der Waals surface area contributed by atoms with E-state index < -0.39 is 16.2 Å². The Morgan fingerprint density at radius 1 is 0.955 bits per heavy atom. The van der Waals surface area contributed by atoms with Crippen LogP contribution in [0.15, 0.2) is 71.8 Å². The van der Waals surface area contributed by atoms with Gasteiger partial charge in [-0.3, -0.25) is 9.17 Å². The van der Waals surface area contributed by atoms with Gasteiger partial charge in [0.05, 0.1) is 10.4 Å².